The predicted molar refractivity (Wildman–Crippen MR) is 81.5 cm³/mol. The van der Waals surface area contributed by atoms with Gasteiger partial charge in [-0.25, -0.2) is 0 Å². The molecule has 1 heterocycles. The molecule has 0 saturated heterocycles. The number of hydrogen-bond acceptors (Lipinski definition) is 2. The molecule has 0 radical (unpaired) electrons. The summed E-state index contributed by atoms with van der Waals surface area (Å²) in [6.45, 7) is 2.20. The minimum absolute atomic E-state index is 0.325. The second-order valence-corrected chi connectivity index (χ2v) is 5.38. The summed E-state index contributed by atoms with van der Waals surface area (Å²) < 4.78 is 0. The van der Waals surface area contributed by atoms with Crippen LogP contribution < -0.4 is 5.32 Å². The van der Waals surface area contributed by atoms with E-state index in [2.05, 4.69) is 18.3 Å². The third-order valence-corrected chi connectivity index (χ3v) is 3.80. The molecule has 0 saturated carbocycles. The minimum Gasteiger partial charge on any atom is -0.375 e. The molecule has 1 aliphatic heterocycles. The van der Waals surface area contributed by atoms with E-state index in [-0.39, 0.29) is 5.91 Å². The van der Waals surface area contributed by atoms with Gasteiger partial charge in [0, 0.05) is 17.7 Å². The molecule has 0 spiro atoms. The van der Waals surface area contributed by atoms with Crippen LogP contribution in [-0.4, -0.2) is 11.0 Å². The Balaban J connectivity index is 1.91. The molecule has 0 aliphatic carbocycles. The van der Waals surface area contributed by atoms with E-state index in [1.165, 1.54) is 25.7 Å². The van der Waals surface area contributed by atoms with Gasteiger partial charge in [0.2, 0.25) is 0 Å². The molecule has 1 amide bonds. The number of hydrogen-bond donors (Lipinski definition) is 2. The SMILES string of the molecule is CCCCCC/C=C/C[C@]1(O)C(=O)Nc2ccccc21. The van der Waals surface area contributed by atoms with E-state index in [9.17, 15) is 9.90 Å². The van der Waals surface area contributed by atoms with Crippen LogP contribution in [-0.2, 0) is 10.4 Å². The summed E-state index contributed by atoms with van der Waals surface area (Å²) in [5, 5.41) is 13.3. The van der Waals surface area contributed by atoms with Crippen molar-refractivity contribution in [1.29, 1.82) is 0 Å². The first-order chi connectivity index (χ1) is 9.68. The van der Waals surface area contributed by atoms with E-state index in [1.54, 1.807) is 0 Å². The highest BCUT2D eigenvalue weighted by Crippen LogP contribution is 2.38. The molecule has 0 bridgehead atoms. The number of amides is 1. The van der Waals surface area contributed by atoms with Gasteiger partial charge in [-0.2, -0.15) is 0 Å². The largest absolute Gasteiger partial charge is 0.375 e. The first kappa shape index (κ1) is 14.8. The molecule has 1 aliphatic rings. The fourth-order valence-corrected chi connectivity index (χ4v) is 2.56. The topological polar surface area (TPSA) is 49.3 Å². The lowest BCUT2D eigenvalue weighted by atomic mass is 9.91. The van der Waals surface area contributed by atoms with Crippen LogP contribution in [0.15, 0.2) is 36.4 Å². The lowest BCUT2D eigenvalue weighted by molar-refractivity contribution is -0.133. The minimum atomic E-state index is -1.41. The Morgan fingerprint density at radius 1 is 1.20 bits per heavy atom. The van der Waals surface area contributed by atoms with Gasteiger partial charge in [0.25, 0.3) is 5.91 Å². The van der Waals surface area contributed by atoms with Crippen molar-refractivity contribution in [1.82, 2.24) is 0 Å². The molecular weight excluding hydrogens is 250 g/mol. The van der Waals surface area contributed by atoms with Crippen LogP contribution in [0.2, 0.25) is 0 Å². The molecule has 108 valence electrons. The molecule has 2 rings (SSSR count). The van der Waals surface area contributed by atoms with Gasteiger partial charge < -0.3 is 10.4 Å². The fraction of sp³-hybridized carbons (Fsp3) is 0.471. The molecule has 3 nitrogen and oxygen atoms in total. The highest BCUT2D eigenvalue weighted by Gasteiger charge is 2.43. The van der Waals surface area contributed by atoms with Crippen molar-refractivity contribution < 1.29 is 9.90 Å². The van der Waals surface area contributed by atoms with Crippen molar-refractivity contribution >= 4 is 11.6 Å². The van der Waals surface area contributed by atoms with Crippen LogP contribution >= 0.6 is 0 Å². The summed E-state index contributed by atoms with van der Waals surface area (Å²) in [5.41, 5.74) is -0.00626. The van der Waals surface area contributed by atoms with Crippen LogP contribution in [0.1, 0.15) is 51.0 Å². The van der Waals surface area contributed by atoms with Gasteiger partial charge in [-0.15, -0.1) is 0 Å². The van der Waals surface area contributed by atoms with Gasteiger partial charge in [0.05, 0.1) is 0 Å². The second kappa shape index (κ2) is 6.71. The van der Waals surface area contributed by atoms with Gasteiger partial charge in [-0.05, 0) is 18.9 Å². The van der Waals surface area contributed by atoms with Crippen LogP contribution in [0.5, 0.6) is 0 Å². The van der Waals surface area contributed by atoms with Gasteiger partial charge in [-0.3, -0.25) is 4.79 Å². The number of benzene rings is 1. The van der Waals surface area contributed by atoms with E-state index >= 15 is 0 Å². The first-order valence-electron chi connectivity index (χ1n) is 7.47. The predicted octanol–water partition coefficient (Wildman–Crippen LogP) is 3.74. The third kappa shape index (κ3) is 3.10. The van der Waals surface area contributed by atoms with Crippen molar-refractivity contribution in [2.45, 2.75) is 51.0 Å². The van der Waals surface area contributed by atoms with Crippen molar-refractivity contribution in [3.63, 3.8) is 0 Å². The van der Waals surface area contributed by atoms with Crippen LogP contribution in [0.3, 0.4) is 0 Å². The summed E-state index contributed by atoms with van der Waals surface area (Å²) in [7, 11) is 0. The van der Waals surface area contributed by atoms with Gasteiger partial charge in [0.15, 0.2) is 5.60 Å². The molecule has 3 heteroatoms. The van der Waals surface area contributed by atoms with Crippen LogP contribution in [0, 0.1) is 0 Å². The number of fused-ring (bicyclic) bond motifs is 1. The zero-order valence-corrected chi connectivity index (χ0v) is 12.1. The Bertz CT molecular complexity index is 496. The summed E-state index contributed by atoms with van der Waals surface area (Å²) in [6.07, 6.45) is 10.3. The zero-order valence-electron chi connectivity index (χ0n) is 12.1. The van der Waals surface area contributed by atoms with E-state index < -0.39 is 5.60 Å². The molecule has 2 N–H and O–H groups in total. The third-order valence-electron chi connectivity index (χ3n) is 3.80. The van der Waals surface area contributed by atoms with Crippen molar-refractivity contribution in [2.24, 2.45) is 0 Å². The van der Waals surface area contributed by atoms with E-state index in [4.69, 9.17) is 0 Å². The van der Waals surface area contributed by atoms with Gasteiger partial charge in [0.1, 0.15) is 0 Å². The first-order valence-corrected chi connectivity index (χ1v) is 7.47. The van der Waals surface area contributed by atoms with Crippen molar-refractivity contribution in [3.05, 3.63) is 42.0 Å². The van der Waals surface area contributed by atoms with Crippen LogP contribution in [0.4, 0.5) is 5.69 Å². The Morgan fingerprint density at radius 2 is 2.00 bits per heavy atom. The smallest absolute Gasteiger partial charge is 0.261 e. The number of carbonyl (C=O) groups excluding carboxylic acids is 1. The molecule has 0 unspecified atom stereocenters. The molecule has 1 aromatic rings. The number of allylic oxidation sites excluding steroid dienone is 1. The summed E-state index contributed by atoms with van der Waals surface area (Å²) in [4.78, 5) is 12.0. The molecule has 1 atom stereocenters. The normalized spacial score (nSPS) is 21.2. The molecule has 0 fully saturated rings. The number of unbranched alkanes of at least 4 members (excludes halogenated alkanes) is 4. The summed E-state index contributed by atoms with van der Waals surface area (Å²) in [5.74, 6) is -0.325. The van der Waals surface area contributed by atoms with Crippen molar-refractivity contribution in [3.8, 4) is 0 Å². The molecular formula is C17H23NO2. The van der Waals surface area contributed by atoms with Crippen molar-refractivity contribution in [2.75, 3.05) is 5.32 Å². The average molecular weight is 273 g/mol. The maximum atomic E-state index is 12.0. The average Bonchev–Trinajstić information content (AvgIpc) is 2.70. The lowest BCUT2D eigenvalue weighted by Gasteiger charge is -2.18. The Hall–Kier alpha value is -1.61. The van der Waals surface area contributed by atoms with Crippen LogP contribution in [0.25, 0.3) is 0 Å². The maximum Gasteiger partial charge on any atom is 0.261 e. The molecule has 0 aromatic heterocycles. The Kier molecular flexibility index (Phi) is 4.96. The number of carbonyl (C=O) groups is 1. The number of rotatable bonds is 7. The number of nitrogens with one attached hydrogen (secondary N) is 1. The number of aliphatic hydroxyl groups is 1. The Labute approximate surface area is 120 Å². The monoisotopic (exact) mass is 273 g/mol. The molecule has 1 aromatic carbocycles. The maximum absolute atomic E-state index is 12.0. The quantitative estimate of drug-likeness (QED) is 0.587. The molecule has 20 heavy (non-hydrogen) atoms. The van der Waals surface area contributed by atoms with E-state index in [1.807, 2.05) is 30.3 Å². The summed E-state index contributed by atoms with van der Waals surface area (Å²) in [6, 6.07) is 7.33. The fourth-order valence-electron chi connectivity index (χ4n) is 2.56. The van der Waals surface area contributed by atoms with E-state index in [0.717, 1.165) is 12.1 Å². The number of para-hydroxylation sites is 1. The lowest BCUT2D eigenvalue weighted by Crippen LogP contribution is -2.33. The van der Waals surface area contributed by atoms with Gasteiger partial charge in [-0.1, -0.05) is 56.5 Å². The summed E-state index contributed by atoms with van der Waals surface area (Å²) >= 11 is 0. The highest BCUT2D eigenvalue weighted by atomic mass is 16.3. The number of anilines is 1. The van der Waals surface area contributed by atoms with Gasteiger partial charge >= 0.3 is 0 Å². The van der Waals surface area contributed by atoms with E-state index in [0.29, 0.717) is 12.0 Å². The highest BCUT2D eigenvalue weighted by molar-refractivity contribution is 6.04. The zero-order chi connectivity index (χ0) is 14.4. The standard InChI is InChI=1S/C17H23NO2/c1-2-3-4-5-6-7-10-13-17(20)14-11-8-9-12-15(14)18-16(17)19/h7-12,20H,2-6,13H2,1H3,(H,18,19)/b10-7+/t17-/m1/s1. The Morgan fingerprint density at radius 3 is 2.80 bits per heavy atom. The second-order valence-electron chi connectivity index (χ2n) is 5.38.